The fraction of sp³-hybridized carbons (Fsp3) is 0.167. The number of carbonyl (C=O) groups excluding carboxylic acids is 1. The van der Waals surface area contributed by atoms with Crippen LogP contribution in [0.2, 0.25) is 0 Å². The van der Waals surface area contributed by atoms with E-state index in [1.165, 1.54) is 18.4 Å². The predicted molar refractivity (Wildman–Crippen MR) is 161 cm³/mol. The van der Waals surface area contributed by atoms with Crippen LogP contribution in [0.4, 0.5) is 0 Å². The molecule has 0 saturated carbocycles. The number of aromatic hydroxyl groups is 1. The number of benzene rings is 3. The van der Waals surface area contributed by atoms with Crippen LogP contribution < -0.4 is 24.4 Å². The lowest BCUT2D eigenvalue weighted by atomic mass is 9.93. The number of thiazole rings is 1. The highest BCUT2D eigenvalue weighted by atomic mass is 127. The second-order valence-electron chi connectivity index (χ2n) is 8.76. The van der Waals surface area contributed by atoms with E-state index in [0.29, 0.717) is 41.2 Å². The van der Waals surface area contributed by atoms with Gasteiger partial charge in [-0.1, -0.05) is 53.8 Å². The Morgan fingerprint density at radius 3 is 2.48 bits per heavy atom. The zero-order chi connectivity index (χ0) is 28.4. The Bertz CT molecular complexity index is 1790. The molecule has 0 radical (unpaired) electrons. The Labute approximate surface area is 247 Å². The van der Waals surface area contributed by atoms with Crippen molar-refractivity contribution in [2.24, 2.45) is 4.99 Å². The van der Waals surface area contributed by atoms with Crippen molar-refractivity contribution in [1.82, 2.24) is 4.57 Å². The number of esters is 1. The monoisotopic (exact) mass is 668 g/mol. The number of methoxy groups -OCH3 is 2. The third-order valence-electron chi connectivity index (χ3n) is 6.37. The summed E-state index contributed by atoms with van der Waals surface area (Å²) >= 11 is 3.24. The van der Waals surface area contributed by atoms with E-state index in [1.807, 2.05) is 65.1 Å². The largest absolute Gasteiger partial charge is 0.504 e. The van der Waals surface area contributed by atoms with Crippen LogP contribution in [0.3, 0.4) is 0 Å². The minimum atomic E-state index is -0.784. The first-order valence-corrected chi connectivity index (χ1v) is 14.2. The number of rotatable bonds is 7. The summed E-state index contributed by atoms with van der Waals surface area (Å²) in [5, 5.41) is 10.3. The molecule has 8 nitrogen and oxygen atoms in total. The number of fused-ring (bicyclic) bond motifs is 1. The van der Waals surface area contributed by atoms with Crippen LogP contribution in [0.25, 0.3) is 11.8 Å². The van der Waals surface area contributed by atoms with Gasteiger partial charge in [-0.05, 0) is 71.0 Å². The van der Waals surface area contributed by atoms with Gasteiger partial charge in [0.2, 0.25) is 0 Å². The fourth-order valence-electron chi connectivity index (χ4n) is 4.53. The van der Waals surface area contributed by atoms with Gasteiger partial charge in [-0.25, -0.2) is 9.79 Å². The number of halogens is 1. The molecule has 1 aromatic heterocycles. The third kappa shape index (κ3) is 5.16. The standard InChI is InChI=1S/C30H25IN2O6S/c1-4-39-29(36)24-25(18-8-6-5-7-9-18)32-30-33(26(24)19-10-12-20(37-2)13-11-19)28(35)23(40-30)16-17-14-21(31)27(34)22(15-17)38-3/h5-16,26,34H,4H2,1-3H3/b23-16-/t26-/m1/s1. The number of hydrogen-bond acceptors (Lipinski definition) is 8. The van der Waals surface area contributed by atoms with Gasteiger partial charge in [-0.15, -0.1) is 0 Å². The summed E-state index contributed by atoms with van der Waals surface area (Å²) in [7, 11) is 3.05. The minimum absolute atomic E-state index is 0.0350. The number of phenolic OH excluding ortho intramolecular Hbond substituents is 1. The van der Waals surface area contributed by atoms with Crippen molar-refractivity contribution in [3.63, 3.8) is 0 Å². The highest BCUT2D eigenvalue weighted by molar-refractivity contribution is 14.1. The van der Waals surface area contributed by atoms with Crippen LogP contribution >= 0.6 is 33.9 Å². The normalized spacial score (nSPS) is 14.9. The first-order valence-electron chi connectivity index (χ1n) is 12.3. The summed E-state index contributed by atoms with van der Waals surface area (Å²) in [5.74, 6) is 0.445. The van der Waals surface area contributed by atoms with Gasteiger partial charge >= 0.3 is 5.97 Å². The van der Waals surface area contributed by atoms with Gasteiger partial charge in [0.25, 0.3) is 5.56 Å². The van der Waals surface area contributed by atoms with Gasteiger partial charge in [-0.2, -0.15) is 0 Å². The molecule has 0 aliphatic carbocycles. The number of hydrogen-bond donors (Lipinski definition) is 1. The van der Waals surface area contributed by atoms with Crippen LogP contribution in [-0.2, 0) is 9.53 Å². The van der Waals surface area contributed by atoms with E-state index >= 15 is 0 Å². The molecule has 5 rings (SSSR count). The number of ether oxygens (including phenoxy) is 3. The average molecular weight is 669 g/mol. The summed E-state index contributed by atoms with van der Waals surface area (Å²) in [6, 6.07) is 19.3. The van der Waals surface area contributed by atoms with Gasteiger partial charge in [0, 0.05) is 5.56 Å². The van der Waals surface area contributed by atoms with E-state index in [9.17, 15) is 14.7 Å². The van der Waals surface area contributed by atoms with Crippen molar-refractivity contribution in [2.45, 2.75) is 13.0 Å². The van der Waals surface area contributed by atoms with Crippen molar-refractivity contribution in [2.75, 3.05) is 20.8 Å². The lowest BCUT2D eigenvalue weighted by molar-refractivity contribution is -0.138. The molecule has 40 heavy (non-hydrogen) atoms. The molecule has 0 amide bonds. The van der Waals surface area contributed by atoms with Gasteiger partial charge in [-0.3, -0.25) is 9.36 Å². The lowest BCUT2D eigenvalue weighted by Gasteiger charge is -2.26. The number of nitrogens with zero attached hydrogens (tertiary/aromatic N) is 2. The summed E-state index contributed by atoms with van der Waals surface area (Å²) in [5.41, 5.74) is 2.55. The number of aromatic nitrogens is 1. The molecule has 1 aliphatic heterocycles. The summed E-state index contributed by atoms with van der Waals surface area (Å²) in [6.45, 7) is 1.91. The van der Waals surface area contributed by atoms with E-state index in [1.54, 1.807) is 48.9 Å². The van der Waals surface area contributed by atoms with Gasteiger partial charge < -0.3 is 19.3 Å². The fourth-order valence-corrected chi connectivity index (χ4v) is 6.15. The smallest absolute Gasteiger partial charge is 0.338 e. The lowest BCUT2D eigenvalue weighted by Crippen LogP contribution is -2.40. The van der Waals surface area contributed by atoms with Crippen molar-refractivity contribution < 1.29 is 24.1 Å². The highest BCUT2D eigenvalue weighted by Crippen LogP contribution is 2.36. The maximum Gasteiger partial charge on any atom is 0.338 e. The molecule has 0 unspecified atom stereocenters. The maximum atomic E-state index is 14.0. The van der Waals surface area contributed by atoms with Crippen molar-refractivity contribution in [3.05, 3.63) is 112 Å². The maximum absolute atomic E-state index is 14.0. The molecule has 10 heteroatoms. The molecule has 3 aromatic carbocycles. The Morgan fingerprint density at radius 2 is 1.82 bits per heavy atom. The van der Waals surface area contributed by atoms with Crippen LogP contribution in [0.5, 0.6) is 17.2 Å². The van der Waals surface area contributed by atoms with Crippen molar-refractivity contribution in [3.8, 4) is 17.2 Å². The molecule has 1 N–H and O–H groups in total. The highest BCUT2D eigenvalue weighted by Gasteiger charge is 2.35. The molecule has 0 saturated heterocycles. The van der Waals surface area contributed by atoms with E-state index in [4.69, 9.17) is 19.2 Å². The van der Waals surface area contributed by atoms with E-state index in [2.05, 4.69) is 0 Å². The zero-order valence-corrected chi connectivity index (χ0v) is 24.9. The summed E-state index contributed by atoms with van der Waals surface area (Å²) < 4.78 is 18.7. The third-order valence-corrected chi connectivity index (χ3v) is 8.18. The Kier molecular flexibility index (Phi) is 8.08. The quantitative estimate of drug-likeness (QED) is 0.234. The zero-order valence-electron chi connectivity index (χ0n) is 21.9. The van der Waals surface area contributed by atoms with Gasteiger partial charge in [0.15, 0.2) is 16.3 Å². The SMILES string of the molecule is CCOC(=O)C1=C(c2ccccc2)N=c2s/c(=C\c3cc(I)c(O)c(OC)c3)c(=O)n2[C@@H]1c1ccc(OC)cc1. The van der Waals surface area contributed by atoms with Gasteiger partial charge in [0.05, 0.1) is 46.2 Å². The molecule has 2 heterocycles. The molecule has 204 valence electrons. The number of phenols is 1. The summed E-state index contributed by atoms with van der Waals surface area (Å²) in [4.78, 5) is 32.8. The van der Waals surface area contributed by atoms with E-state index in [-0.39, 0.29) is 23.5 Å². The molecule has 0 fully saturated rings. The Hall–Kier alpha value is -3.90. The Balaban J connectivity index is 1.81. The summed E-state index contributed by atoms with van der Waals surface area (Å²) in [6.07, 6.45) is 1.73. The molecule has 1 aliphatic rings. The first kappa shape index (κ1) is 27.7. The van der Waals surface area contributed by atoms with Crippen LogP contribution in [0, 0.1) is 3.57 Å². The van der Waals surface area contributed by atoms with Crippen molar-refractivity contribution >= 4 is 51.7 Å². The van der Waals surface area contributed by atoms with E-state index < -0.39 is 12.0 Å². The number of carbonyl (C=O) groups is 1. The molecular weight excluding hydrogens is 643 g/mol. The van der Waals surface area contributed by atoms with Crippen molar-refractivity contribution in [1.29, 1.82) is 0 Å². The van der Waals surface area contributed by atoms with Crippen LogP contribution in [0.15, 0.2) is 82.1 Å². The van der Waals surface area contributed by atoms with Crippen LogP contribution in [0.1, 0.15) is 29.7 Å². The Morgan fingerprint density at radius 1 is 1.10 bits per heavy atom. The van der Waals surface area contributed by atoms with E-state index in [0.717, 1.165) is 5.56 Å². The second kappa shape index (κ2) is 11.7. The topological polar surface area (TPSA) is 99.4 Å². The first-order chi connectivity index (χ1) is 19.4. The van der Waals surface area contributed by atoms with Crippen LogP contribution in [-0.4, -0.2) is 36.5 Å². The van der Waals surface area contributed by atoms with Gasteiger partial charge in [0.1, 0.15) is 5.75 Å². The molecule has 0 spiro atoms. The molecular formula is C30H25IN2O6S. The molecule has 1 atom stereocenters. The second-order valence-corrected chi connectivity index (χ2v) is 10.9. The molecule has 4 aromatic rings. The average Bonchev–Trinajstić information content (AvgIpc) is 3.28. The minimum Gasteiger partial charge on any atom is -0.504 e. The molecule has 0 bridgehead atoms. The predicted octanol–water partition coefficient (Wildman–Crippen LogP) is 4.26.